The van der Waals surface area contributed by atoms with Crippen LogP contribution in [0.1, 0.15) is 37.9 Å². The summed E-state index contributed by atoms with van der Waals surface area (Å²) in [7, 11) is 0. The standard InChI is InChI=1S/C16H22ClNO4/c1-15(2,19)4-8-21-12-9-13(17)18-14-11(12)3-6-22-16(14)5-7-20-10-16/h9,19H,3-8,10H2,1-2H3. The Morgan fingerprint density at radius 1 is 1.45 bits per heavy atom. The molecule has 122 valence electrons. The zero-order chi connectivity index (χ0) is 15.8. The maximum Gasteiger partial charge on any atom is 0.136 e. The molecule has 5 nitrogen and oxygen atoms in total. The molecule has 3 rings (SSSR count). The Hall–Kier alpha value is -0.880. The molecule has 0 bridgehead atoms. The molecule has 6 heteroatoms. The summed E-state index contributed by atoms with van der Waals surface area (Å²) < 4.78 is 17.4. The van der Waals surface area contributed by atoms with Gasteiger partial charge in [-0.05, 0) is 13.8 Å². The van der Waals surface area contributed by atoms with E-state index in [1.165, 1.54) is 0 Å². The van der Waals surface area contributed by atoms with Gasteiger partial charge >= 0.3 is 0 Å². The maximum atomic E-state index is 9.80. The van der Waals surface area contributed by atoms with E-state index in [0.717, 1.165) is 29.8 Å². The molecule has 3 heterocycles. The first-order valence-corrected chi connectivity index (χ1v) is 8.04. The molecule has 1 spiro atoms. The largest absolute Gasteiger partial charge is 0.493 e. The van der Waals surface area contributed by atoms with E-state index < -0.39 is 11.2 Å². The Labute approximate surface area is 135 Å². The SMILES string of the molecule is CC(C)(O)CCOc1cc(Cl)nc2c1CCOC21CCOC1. The van der Waals surface area contributed by atoms with Crippen molar-refractivity contribution < 1.29 is 19.3 Å². The maximum absolute atomic E-state index is 9.80. The summed E-state index contributed by atoms with van der Waals surface area (Å²) >= 11 is 6.18. The molecule has 1 aromatic rings. The first kappa shape index (κ1) is 16.0. The Balaban J connectivity index is 1.87. The number of aromatic nitrogens is 1. The second-order valence-electron chi connectivity index (χ2n) is 6.58. The number of fused-ring (bicyclic) bond motifs is 2. The third-order valence-electron chi connectivity index (χ3n) is 4.17. The van der Waals surface area contributed by atoms with Gasteiger partial charge in [-0.25, -0.2) is 4.98 Å². The minimum Gasteiger partial charge on any atom is -0.493 e. The van der Waals surface area contributed by atoms with Crippen molar-refractivity contribution in [3.63, 3.8) is 0 Å². The van der Waals surface area contributed by atoms with Crippen LogP contribution in [-0.4, -0.2) is 42.1 Å². The monoisotopic (exact) mass is 327 g/mol. The molecular weight excluding hydrogens is 306 g/mol. The first-order valence-electron chi connectivity index (χ1n) is 7.66. The molecule has 1 fully saturated rings. The molecule has 0 saturated carbocycles. The van der Waals surface area contributed by atoms with E-state index in [9.17, 15) is 5.11 Å². The summed E-state index contributed by atoms with van der Waals surface area (Å²) in [6.45, 7) is 5.77. The molecule has 2 aliphatic rings. The van der Waals surface area contributed by atoms with Crippen LogP contribution in [0.4, 0.5) is 0 Å². The summed E-state index contributed by atoms with van der Waals surface area (Å²) in [6.07, 6.45) is 2.09. The smallest absolute Gasteiger partial charge is 0.136 e. The molecule has 1 aromatic heterocycles. The van der Waals surface area contributed by atoms with Gasteiger partial charge in [0.25, 0.3) is 0 Å². The van der Waals surface area contributed by atoms with Gasteiger partial charge < -0.3 is 19.3 Å². The lowest BCUT2D eigenvalue weighted by Gasteiger charge is -2.34. The molecule has 2 aliphatic heterocycles. The summed E-state index contributed by atoms with van der Waals surface area (Å²) in [5.41, 5.74) is 0.673. The van der Waals surface area contributed by atoms with E-state index in [1.54, 1.807) is 19.9 Å². The van der Waals surface area contributed by atoms with Crippen molar-refractivity contribution in [3.8, 4) is 5.75 Å². The number of hydrogen-bond acceptors (Lipinski definition) is 5. The lowest BCUT2D eigenvalue weighted by Crippen LogP contribution is -2.37. The van der Waals surface area contributed by atoms with E-state index in [-0.39, 0.29) is 0 Å². The number of nitrogens with zero attached hydrogens (tertiary/aromatic N) is 1. The van der Waals surface area contributed by atoms with Crippen molar-refractivity contribution in [2.75, 3.05) is 26.4 Å². The van der Waals surface area contributed by atoms with Crippen molar-refractivity contribution in [3.05, 3.63) is 22.5 Å². The van der Waals surface area contributed by atoms with Crippen LogP contribution in [0, 0.1) is 0 Å². The summed E-state index contributed by atoms with van der Waals surface area (Å²) in [4.78, 5) is 4.50. The van der Waals surface area contributed by atoms with Crippen LogP contribution in [0.5, 0.6) is 5.75 Å². The highest BCUT2D eigenvalue weighted by Gasteiger charge is 2.44. The Morgan fingerprint density at radius 2 is 2.27 bits per heavy atom. The van der Waals surface area contributed by atoms with E-state index in [4.69, 9.17) is 25.8 Å². The van der Waals surface area contributed by atoms with E-state index >= 15 is 0 Å². The summed E-state index contributed by atoms with van der Waals surface area (Å²) in [5.74, 6) is 0.744. The Kier molecular flexibility index (Phi) is 4.34. The predicted molar refractivity (Wildman–Crippen MR) is 82.4 cm³/mol. The highest BCUT2D eigenvalue weighted by molar-refractivity contribution is 6.29. The van der Waals surface area contributed by atoms with Gasteiger partial charge in [-0.1, -0.05) is 11.6 Å². The van der Waals surface area contributed by atoms with Crippen molar-refractivity contribution in [1.29, 1.82) is 0 Å². The van der Waals surface area contributed by atoms with Crippen LogP contribution < -0.4 is 4.74 Å². The van der Waals surface area contributed by atoms with Gasteiger partial charge in [0.2, 0.25) is 0 Å². The average molecular weight is 328 g/mol. The van der Waals surface area contributed by atoms with Crippen LogP contribution in [-0.2, 0) is 21.5 Å². The zero-order valence-electron chi connectivity index (χ0n) is 13.0. The van der Waals surface area contributed by atoms with Crippen LogP contribution in [0.25, 0.3) is 0 Å². The molecule has 22 heavy (non-hydrogen) atoms. The van der Waals surface area contributed by atoms with Gasteiger partial charge in [0.15, 0.2) is 0 Å². The fraction of sp³-hybridized carbons (Fsp3) is 0.688. The molecule has 1 N–H and O–H groups in total. The van der Waals surface area contributed by atoms with Gasteiger partial charge in [-0.15, -0.1) is 0 Å². The number of ether oxygens (including phenoxy) is 3. The zero-order valence-corrected chi connectivity index (χ0v) is 13.8. The third-order valence-corrected chi connectivity index (χ3v) is 4.36. The second kappa shape index (κ2) is 5.96. The van der Waals surface area contributed by atoms with E-state index in [1.807, 2.05) is 0 Å². The topological polar surface area (TPSA) is 60.8 Å². The van der Waals surface area contributed by atoms with Crippen molar-refractivity contribution in [1.82, 2.24) is 4.98 Å². The molecule has 1 saturated heterocycles. The molecule has 1 unspecified atom stereocenters. The Bertz CT molecular complexity index is 550. The lowest BCUT2D eigenvalue weighted by atomic mass is 9.90. The van der Waals surface area contributed by atoms with Crippen LogP contribution in [0.15, 0.2) is 6.07 Å². The lowest BCUT2D eigenvalue weighted by molar-refractivity contribution is -0.0670. The minimum atomic E-state index is -0.749. The highest BCUT2D eigenvalue weighted by Crippen LogP contribution is 2.42. The number of pyridine rings is 1. The number of hydrogen-bond donors (Lipinski definition) is 1. The number of aliphatic hydroxyl groups is 1. The molecule has 0 amide bonds. The predicted octanol–water partition coefficient (Wildman–Crippen LogP) is 2.46. The quantitative estimate of drug-likeness (QED) is 0.861. The molecule has 0 radical (unpaired) electrons. The fourth-order valence-corrected chi connectivity index (χ4v) is 3.12. The number of halogens is 1. The van der Waals surface area contributed by atoms with E-state index in [2.05, 4.69) is 4.98 Å². The normalized spacial score (nSPS) is 24.5. The van der Waals surface area contributed by atoms with Crippen molar-refractivity contribution in [2.45, 2.75) is 44.3 Å². The van der Waals surface area contributed by atoms with Gasteiger partial charge in [0.05, 0.1) is 31.1 Å². The average Bonchev–Trinajstić information content (AvgIpc) is 2.88. The van der Waals surface area contributed by atoms with E-state index in [0.29, 0.717) is 38.0 Å². The second-order valence-corrected chi connectivity index (χ2v) is 6.96. The third kappa shape index (κ3) is 3.23. The van der Waals surface area contributed by atoms with Gasteiger partial charge in [-0.2, -0.15) is 0 Å². The van der Waals surface area contributed by atoms with Crippen molar-refractivity contribution in [2.24, 2.45) is 0 Å². The molecule has 0 aliphatic carbocycles. The molecular formula is C16H22ClNO4. The van der Waals surface area contributed by atoms with Gasteiger partial charge in [0.1, 0.15) is 16.5 Å². The van der Waals surface area contributed by atoms with Crippen LogP contribution in [0.2, 0.25) is 5.15 Å². The van der Waals surface area contributed by atoms with Gasteiger partial charge in [0, 0.05) is 37.5 Å². The van der Waals surface area contributed by atoms with Crippen molar-refractivity contribution >= 4 is 11.6 Å². The summed E-state index contributed by atoms with van der Waals surface area (Å²) in [6, 6.07) is 1.75. The van der Waals surface area contributed by atoms with Gasteiger partial charge in [-0.3, -0.25) is 0 Å². The Morgan fingerprint density at radius 3 is 2.95 bits per heavy atom. The molecule has 1 atom stereocenters. The minimum absolute atomic E-state index is 0.397. The number of rotatable bonds is 4. The highest BCUT2D eigenvalue weighted by atomic mass is 35.5. The summed E-state index contributed by atoms with van der Waals surface area (Å²) in [5, 5.41) is 10.2. The fourth-order valence-electron chi connectivity index (χ4n) is 2.94. The van der Waals surface area contributed by atoms with Crippen LogP contribution in [0.3, 0.4) is 0 Å². The molecule has 0 aromatic carbocycles. The van der Waals surface area contributed by atoms with Crippen LogP contribution >= 0.6 is 11.6 Å². The first-order chi connectivity index (χ1) is 10.4.